The van der Waals surface area contributed by atoms with Gasteiger partial charge in [0.25, 0.3) is 0 Å². The zero-order chi connectivity index (χ0) is 11.5. The molecule has 17 heavy (non-hydrogen) atoms. The minimum atomic E-state index is -0.812. The molecular formula is C13H13NaO3. The second kappa shape index (κ2) is 6.05. The van der Waals surface area contributed by atoms with E-state index in [1.807, 2.05) is 36.4 Å². The van der Waals surface area contributed by atoms with Gasteiger partial charge in [-0.25, -0.2) is 0 Å². The number of carboxylic acids is 1. The molecule has 2 aromatic carbocycles. The van der Waals surface area contributed by atoms with Crippen molar-refractivity contribution in [2.45, 2.75) is 6.42 Å². The number of methoxy groups -OCH3 is 1. The van der Waals surface area contributed by atoms with Crippen LogP contribution in [0, 0.1) is 0 Å². The molecule has 84 valence electrons. The van der Waals surface area contributed by atoms with Crippen LogP contribution in [0.2, 0.25) is 0 Å². The van der Waals surface area contributed by atoms with Gasteiger partial charge >= 0.3 is 35.5 Å². The molecule has 0 spiro atoms. The second-order valence-corrected chi connectivity index (χ2v) is 3.62. The quantitative estimate of drug-likeness (QED) is 0.832. The molecule has 0 aromatic heterocycles. The molecular weight excluding hydrogens is 227 g/mol. The molecule has 0 aliphatic rings. The van der Waals surface area contributed by atoms with Crippen LogP contribution in [-0.4, -0.2) is 47.7 Å². The molecule has 2 aromatic rings. The Morgan fingerprint density at radius 1 is 1.18 bits per heavy atom. The Balaban J connectivity index is 0.00000144. The average molecular weight is 240 g/mol. The summed E-state index contributed by atoms with van der Waals surface area (Å²) in [6, 6.07) is 11.4. The van der Waals surface area contributed by atoms with Gasteiger partial charge < -0.3 is 9.84 Å². The van der Waals surface area contributed by atoms with E-state index < -0.39 is 5.97 Å². The number of ether oxygens (including phenoxy) is 1. The number of benzene rings is 2. The first-order valence-electron chi connectivity index (χ1n) is 4.97. The Hall–Kier alpha value is -1.03. The Bertz CT molecular complexity index is 537. The van der Waals surface area contributed by atoms with Gasteiger partial charge in [-0.2, -0.15) is 0 Å². The Kier molecular flexibility index (Phi) is 5.00. The monoisotopic (exact) mass is 240 g/mol. The van der Waals surface area contributed by atoms with Gasteiger partial charge in [0, 0.05) is 0 Å². The van der Waals surface area contributed by atoms with Gasteiger partial charge in [-0.05, 0) is 28.5 Å². The predicted molar refractivity (Wildman–Crippen MR) is 69.0 cm³/mol. The average Bonchev–Trinajstić information content (AvgIpc) is 2.27. The number of fused-ring (bicyclic) bond motifs is 1. The molecule has 0 bridgehead atoms. The fourth-order valence-corrected chi connectivity index (χ4v) is 1.68. The van der Waals surface area contributed by atoms with Gasteiger partial charge in [-0.15, -0.1) is 0 Å². The summed E-state index contributed by atoms with van der Waals surface area (Å²) in [4.78, 5) is 10.6. The fourth-order valence-electron chi connectivity index (χ4n) is 1.68. The summed E-state index contributed by atoms with van der Waals surface area (Å²) >= 11 is 0. The molecule has 0 saturated heterocycles. The molecule has 0 aliphatic carbocycles. The van der Waals surface area contributed by atoms with Crippen molar-refractivity contribution < 1.29 is 14.6 Å². The number of hydrogen-bond acceptors (Lipinski definition) is 2. The van der Waals surface area contributed by atoms with Crippen molar-refractivity contribution in [2.24, 2.45) is 0 Å². The van der Waals surface area contributed by atoms with Crippen LogP contribution in [0.25, 0.3) is 10.8 Å². The van der Waals surface area contributed by atoms with Gasteiger partial charge in [-0.3, -0.25) is 4.79 Å². The number of aliphatic carboxylic acids is 1. The molecule has 0 radical (unpaired) electrons. The molecule has 3 nitrogen and oxygen atoms in total. The van der Waals surface area contributed by atoms with E-state index in [0.29, 0.717) is 0 Å². The van der Waals surface area contributed by atoms with Crippen molar-refractivity contribution in [1.29, 1.82) is 0 Å². The van der Waals surface area contributed by atoms with Crippen molar-refractivity contribution >= 4 is 46.3 Å². The SMILES string of the molecule is COc1ccc2cc(CC(=O)O)ccc2c1.[NaH]. The van der Waals surface area contributed by atoms with Crippen molar-refractivity contribution in [3.8, 4) is 5.75 Å². The van der Waals surface area contributed by atoms with Crippen LogP contribution in [-0.2, 0) is 11.2 Å². The van der Waals surface area contributed by atoms with E-state index in [1.165, 1.54) is 0 Å². The van der Waals surface area contributed by atoms with E-state index in [9.17, 15) is 4.79 Å². The summed E-state index contributed by atoms with van der Waals surface area (Å²) in [5.74, 6) is -0.00801. The molecule has 4 heteroatoms. The molecule has 0 heterocycles. The summed E-state index contributed by atoms with van der Waals surface area (Å²) in [6.07, 6.45) is 0.0575. The zero-order valence-electron chi connectivity index (χ0n) is 8.93. The molecule has 2 rings (SSSR count). The topological polar surface area (TPSA) is 46.5 Å². The summed E-state index contributed by atoms with van der Waals surface area (Å²) in [7, 11) is 1.62. The normalized spacial score (nSPS) is 9.71. The van der Waals surface area contributed by atoms with Crippen LogP contribution >= 0.6 is 0 Å². The Morgan fingerprint density at radius 3 is 2.47 bits per heavy atom. The van der Waals surface area contributed by atoms with Crippen LogP contribution < -0.4 is 4.74 Å². The van der Waals surface area contributed by atoms with Crippen LogP contribution in [0.5, 0.6) is 5.75 Å². The third kappa shape index (κ3) is 3.46. The van der Waals surface area contributed by atoms with Crippen molar-refractivity contribution in [2.75, 3.05) is 7.11 Å². The number of carbonyl (C=O) groups is 1. The molecule has 0 amide bonds. The minimum absolute atomic E-state index is 0. The summed E-state index contributed by atoms with van der Waals surface area (Å²) in [5, 5.41) is 10.8. The molecule has 0 saturated carbocycles. The molecule has 0 atom stereocenters. The number of rotatable bonds is 3. The fraction of sp³-hybridized carbons (Fsp3) is 0.154. The van der Waals surface area contributed by atoms with E-state index in [1.54, 1.807) is 7.11 Å². The van der Waals surface area contributed by atoms with Gasteiger partial charge in [0.1, 0.15) is 5.75 Å². The number of carboxylic acid groups (broad SMARTS) is 1. The van der Waals surface area contributed by atoms with E-state index in [0.717, 1.165) is 22.1 Å². The summed E-state index contributed by atoms with van der Waals surface area (Å²) < 4.78 is 5.12. The zero-order valence-corrected chi connectivity index (χ0v) is 8.93. The van der Waals surface area contributed by atoms with Gasteiger partial charge in [0.05, 0.1) is 13.5 Å². The van der Waals surface area contributed by atoms with Gasteiger partial charge in [0.15, 0.2) is 0 Å². The van der Waals surface area contributed by atoms with E-state index in [-0.39, 0.29) is 36.0 Å². The van der Waals surface area contributed by atoms with Gasteiger partial charge in [0.2, 0.25) is 0 Å². The van der Waals surface area contributed by atoms with Crippen LogP contribution in [0.15, 0.2) is 36.4 Å². The number of hydrogen-bond donors (Lipinski definition) is 1. The maximum atomic E-state index is 10.6. The van der Waals surface area contributed by atoms with Crippen LogP contribution in [0.3, 0.4) is 0 Å². The van der Waals surface area contributed by atoms with Crippen LogP contribution in [0.4, 0.5) is 0 Å². The van der Waals surface area contributed by atoms with Gasteiger partial charge in [-0.1, -0.05) is 24.3 Å². The Labute approximate surface area is 122 Å². The first kappa shape index (κ1) is 14.0. The van der Waals surface area contributed by atoms with Crippen molar-refractivity contribution in [1.82, 2.24) is 0 Å². The molecule has 0 aliphatic heterocycles. The molecule has 0 fully saturated rings. The third-order valence-electron chi connectivity index (χ3n) is 2.47. The first-order chi connectivity index (χ1) is 7.69. The summed E-state index contributed by atoms with van der Waals surface area (Å²) in [5.41, 5.74) is 0.810. The first-order valence-corrected chi connectivity index (χ1v) is 4.97. The van der Waals surface area contributed by atoms with E-state index in [2.05, 4.69) is 0 Å². The van der Waals surface area contributed by atoms with Crippen LogP contribution in [0.1, 0.15) is 5.56 Å². The second-order valence-electron chi connectivity index (χ2n) is 3.62. The van der Waals surface area contributed by atoms with Crippen molar-refractivity contribution in [3.63, 3.8) is 0 Å². The predicted octanol–water partition coefficient (Wildman–Crippen LogP) is 1.83. The Morgan fingerprint density at radius 2 is 1.82 bits per heavy atom. The van der Waals surface area contributed by atoms with E-state index >= 15 is 0 Å². The van der Waals surface area contributed by atoms with Crippen molar-refractivity contribution in [3.05, 3.63) is 42.0 Å². The third-order valence-corrected chi connectivity index (χ3v) is 2.47. The maximum absolute atomic E-state index is 10.6. The molecule has 0 unspecified atom stereocenters. The standard InChI is InChI=1S/C13H12O3.Na.H/c1-16-12-5-4-10-6-9(7-13(14)15)2-3-11(10)8-12;;/h2-6,8H,7H2,1H3,(H,14,15);;. The van der Waals surface area contributed by atoms with E-state index in [4.69, 9.17) is 9.84 Å². The summed E-state index contributed by atoms with van der Waals surface area (Å²) in [6.45, 7) is 0. The molecule has 1 N–H and O–H groups in total.